The second-order valence-corrected chi connectivity index (χ2v) is 5.39. The van der Waals surface area contributed by atoms with Gasteiger partial charge in [-0.1, -0.05) is 35.9 Å². The van der Waals surface area contributed by atoms with Crippen LogP contribution < -0.4 is 5.32 Å². The standard InChI is InChI=1S/C17H16ClNO4/c1-10-6-5-7-12(15(10)20)17(22)23-11(2)16(21)19-14-9-4-3-8-13(14)18/h3-9,11,20H,1-2H3,(H,19,21). The van der Waals surface area contributed by atoms with Crippen LogP contribution >= 0.6 is 11.6 Å². The Morgan fingerprint density at radius 2 is 1.87 bits per heavy atom. The number of hydrogen-bond acceptors (Lipinski definition) is 4. The summed E-state index contributed by atoms with van der Waals surface area (Å²) in [5, 5.41) is 12.8. The van der Waals surface area contributed by atoms with E-state index in [4.69, 9.17) is 16.3 Å². The maximum atomic E-state index is 12.1. The Balaban J connectivity index is 2.05. The van der Waals surface area contributed by atoms with E-state index in [1.165, 1.54) is 13.0 Å². The monoisotopic (exact) mass is 333 g/mol. The minimum Gasteiger partial charge on any atom is -0.507 e. The van der Waals surface area contributed by atoms with Gasteiger partial charge in [0.2, 0.25) is 0 Å². The summed E-state index contributed by atoms with van der Waals surface area (Å²) in [6.07, 6.45) is -1.04. The Kier molecular flexibility index (Phi) is 5.24. The van der Waals surface area contributed by atoms with E-state index in [1.54, 1.807) is 43.3 Å². The minimum atomic E-state index is -1.04. The molecule has 0 radical (unpaired) electrons. The highest BCUT2D eigenvalue weighted by Crippen LogP contribution is 2.23. The van der Waals surface area contributed by atoms with Crippen LogP contribution in [0.4, 0.5) is 5.69 Å². The quantitative estimate of drug-likeness (QED) is 0.839. The molecule has 5 nitrogen and oxygen atoms in total. The highest BCUT2D eigenvalue weighted by Gasteiger charge is 2.21. The molecule has 1 unspecified atom stereocenters. The van der Waals surface area contributed by atoms with Crippen molar-refractivity contribution < 1.29 is 19.4 Å². The van der Waals surface area contributed by atoms with Crippen molar-refractivity contribution in [3.8, 4) is 5.75 Å². The number of para-hydroxylation sites is 2. The van der Waals surface area contributed by atoms with Gasteiger partial charge in [0.15, 0.2) is 6.10 Å². The molecule has 0 spiro atoms. The Hall–Kier alpha value is -2.53. The highest BCUT2D eigenvalue weighted by atomic mass is 35.5. The lowest BCUT2D eigenvalue weighted by molar-refractivity contribution is -0.123. The van der Waals surface area contributed by atoms with Gasteiger partial charge < -0.3 is 15.2 Å². The summed E-state index contributed by atoms with van der Waals surface area (Å²) in [7, 11) is 0. The van der Waals surface area contributed by atoms with Crippen LogP contribution in [-0.4, -0.2) is 23.1 Å². The van der Waals surface area contributed by atoms with Crippen molar-refractivity contribution in [3.05, 3.63) is 58.6 Å². The summed E-state index contributed by atoms with van der Waals surface area (Å²) in [5.74, 6) is -1.44. The van der Waals surface area contributed by atoms with E-state index in [1.807, 2.05) is 0 Å². The number of halogens is 1. The van der Waals surface area contributed by atoms with Gasteiger partial charge >= 0.3 is 5.97 Å². The largest absolute Gasteiger partial charge is 0.507 e. The smallest absolute Gasteiger partial charge is 0.342 e. The van der Waals surface area contributed by atoms with Gasteiger partial charge in [0.25, 0.3) is 5.91 Å². The predicted octanol–water partition coefficient (Wildman–Crippen LogP) is 3.54. The van der Waals surface area contributed by atoms with Crippen molar-refractivity contribution in [1.29, 1.82) is 0 Å². The molecular formula is C17H16ClNO4. The first-order chi connectivity index (χ1) is 10.9. The van der Waals surface area contributed by atoms with Gasteiger partial charge in [-0.15, -0.1) is 0 Å². The summed E-state index contributed by atoms with van der Waals surface area (Å²) >= 11 is 5.96. The van der Waals surface area contributed by atoms with Crippen molar-refractivity contribution >= 4 is 29.2 Å². The summed E-state index contributed by atoms with van der Waals surface area (Å²) in [5.41, 5.74) is 0.996. The van der Waals surface area contributed by atoms with Gasteiger partial charge in [0.1, 0.15) is 11.3 Å². The number of anilines is 1. The van der Waals surface area contributed by atoms with Crippen molar-refractivity contribution in [2.75, 3.05) is 5.32 Å². The van der Waals surface area contributed by atoms with E-state index in [-0.39, 0.29) is 11.3 Å². The van der Waals surface area contributed by atoms with Gasteiger partial charge in [0.05, 0.1) is 10.7 Å². The number of phenols is 1. The number of carbonyl (C=O) groups is 2. The predicted molar refractivity (Wildman–Crippen MR) is 87.8 cm³/mol. The van der Waals surface area contributed by atoms with Crippen LogP contribution in [0, 0.1) is 6.92 Å². The fourth-order valence-electron chi connectivity index (χ4n) is 1.90. The summed E-state index contributed by atoms with van der Waals surface area (Å²) < 4.78 is 5.09. The zero-order valence-electron chi connectivity index (χ0n) is 12.7. The van der Waals surface area contributed by atoms with Gasteiger partial charge in [-0.3, -0.25) is 4.79 Å². The molecule has 0 heterocycles. The molecule has 2 N–H and O–H groups in total. The number of amides is 1. The normalized spacial score (nSPS) is 11.6. The van der Waals surface area contributed by atoms with Gasteiger partial charge in [-0.25, -0.2) is 4.79 Å². The van der Waals surface area contributed by atoms with E-state index in [0.717, 1.165) is 0 Å². The zero-order valence-corrected chi connectivity index (χ0v) is 13.4. The Bertz CT molecular complexity index is 745. The molecule has 1 atom stereocenters. The van der Waals surface area contributed by atoms with Crippen LogP contribution in [-0.2, 0) is 9.53 Å². The molecule has 120 valence electrons. The number of phenolic OH excluding ortho intramolecular Hbond substituents is 1. The fraction of sp³-hybridized carbons (Fsp3) is 0.176. The van der Waals surface area contributed by atoms with Crippen LogP contribution in [0.2, 0.25) is 5.02 Å². The molecule has 0 aliphatic carbocycles. The number of aryl methyl sites for hydroxylation is 1. The molecule has 0 aliphatic heterocycles. The van der Waals surface area contributed by atoms with Crippen LogP contribution in [0.25, 0.3) is 0 Å². The van der Waals surface area contributed by atoms with Crippen molar-refractivity contribution in [3.63, 3.8) is 0 Å². The van der Waals surface area contributed by atoms with Gasteiger partial charge in [0, 0.05) is 0 Å². The summed E-state index contributed by atoms with van der Waals surface area (Å²) in [4.78, 5) is 24.1. The lowest BCUT2D eigenvalue weighted by Crippen LogP contribution is -2.30. The Morgan fingerprint density at radius 1 is 1.17 bits per heavy atom. The average Bonchev–Trinajstić information content (AvgIpc) is 2.52. The van der Waals surface area contributed by atoms with Crippen molar-refractivity contribution in [2.24, 2.45) is 0 Å². The molecule has 2 aromatic rings. The maximum Gasteiger partial charge on any atom is 0.342 e. The van der Waals surface area contributed by atoms with E-state index in [9.17, 15) is 14.7 Å². The lowest BCUT2D eigenvalue weighted by atomic mass is 10.1. The molecule has 0 bridgehead atoms. The molecular weight excluding hydrogens is 318 g/mol. The minimum absolute atomic E-state index is 0.0161. The molecule has 0 aliphatic rings. The number of esters is 1. The topological polar surface area (TPSA) is 75.6 Å². The Morgan fingerprint density at radius 3 is 2.57 bits per heavy atom. The number of aromatic hydroxyl groups is 1. The molecule has 2 rings (SSSR count). The number of hydrogen-bond donors (Lipinski definition) is 2. The number of ether oxygens (including phenoxy) is 1. The number of rotatable bonds is 4. The third-order valence-electron chi connectivity index (χ3n) is 3.24. The highest BCUT2D eigenvalue weighted by molar-refractivity contribution is 6.33. The maximum absolute atomic E-state index is 12.1. The third-order valence-corrected chi connectivity index (χ3v) is 3.57. The van der Waals surface area contributed by atoms with E-state index in [2.05, 4.69) is 5.32 Å². The first-order valence-corrected chi connectivity index (χ1v) is 7.33. The van der Waals surface area contributed by atoms with Crippen LogP contribution in [0.15, 0.2) is 42.5 Å². The lowest BCUT2D eigenvalue weighted by Gasteiger charge is -2.15. The molecule has 6 heteroatoms. The molecule has 0 saturated heterocycles. The van der Waals surface area contributed by atoms with E-state index < -0.39 is 18.0 Å². The zero-order chi connectivity index (χ0) is 17.0. The van der Waals surface area contributed by atoms with Gasteiger partial charge in [-0.05, 0) is 37.6 Å². The first kappa shape index (κ1) is 16.8. The van der Waals surface area contributed by atoms with Crippen LogP contribution in [0.3, 0.4) is 0 Å². The third kappa shape index (κ3) is 4.02. The van der Waals surface area contributed by atoms with E-state index in [0.29, 0.717) is 16.3 Å². The molecule has 23 heavy (non-hydrogen) atoms. The van der Waals surface area contributed by atoms with E-state index >= 15 is 0 Å². The number of benzene rings is 2. The summed E-state index contributed by atoms with van der Waals surface area (Å²) in [6.45, 7) is 3.11. The second-order valence-electron chi connectivity index (χ2n) is 4.99. The molecule has 0 fully saturated rings. The molecule has 0 aromatic heterocycles. The van der Waals surface area contributed by atoms with Crippen LogP contribution in [0.5, 0.6) is 5.75 Å². The van der Waals surface area contributed by atoms with Crippen molar-refractivity contribution in [1.82, 2.24) is 0 Å². The fourth-order valence-corrected chi connectivity index (χ4v) is 2.08. The Labute approximate surface area is 138 Å². The SMILES string of the molecule is Cc1cccc(C(=O)OC(C)C(=O)Nc2ccccc2Cl)c1O. The van der Waals surface area contributed by atoms with Crippen LogP contribution in [0.1, 0.15) is 22.8 Å². The molecule has 0 saturated carbocycles. The molecule has 2 aromatic carbocycles. The number of carbonyl (C=O) groups excluding carboxylic acids is 2. The molecule has 1 amide bonds. The first-order valence-electron chi connectivity index (χ1n) is 6.95. The number of nitrogens with one attached hydrogen (secondary N) is 1. The van der Waals surface area contributed by atoms with Crippen molar-refractivity contribution in [2.45, 2.75) is 20.0 Å². The summed E-state index contributed by atoms with van der Waals surface area (Å²) in [6, 6.07) is 11.5. The average molecular weight is 334 g/mol. The second kappa shape index (κ2) is 7.15. The van der Waals surface area contributed by atoms with Gasteiger partial charge in [-0.2, -0.15) is 0 Å².